The molecule has 0 radical (unpaired) electrons. The van der Waals surface area contributed by atoms with Crippen LogP contribution in [0.1, 0.15) is 67.7 Å². The van der Waals surface area contributed by atoms with Gasteiger partial charge in [-0.05, 0) is 56.4 Å². The smallest absolute Gasteiger partial charge is 0.305 e. The fraction of sp³-hybridized carbons (Fsp3) is 0.500. The summed E-state index contributed by atoms with van der Waals surface area (Å²) in [5.74, 6) is -1.89. The van der Waals surface area contributed by atoms with E-state index >= 15 is 0 Å². The maximum atomic E-state index is 13.4. The van der Waals surface area contributed by atoms with Crippen molar-refractivity contribution in [3.05, 3.63) is 47.0 Å². The normalized spacial score (nSPS) is 13.3. The van der Waals surface area contributed by atoms with Gasteiger partial charge in [0.25, 0.3) is 5.91 Å². The molecule has 1 aromatic heterocycles. The topological polar surface area (TPSA) is 125 Å². The van der Waals surface area contributed by atoms with Crippen LogP contribution in [-0.2, 0) is 11.2 Å². The molecule has 0 aliphatic rings. The second-order valence-electron chi connectivity index (χ2n) is 7.79. The molecule has 0 saturated carbocycles. The van der Waals surface area contributed by atoms with Crippen LogP contribution in [0.5, 0.6) is 0 Å². The lowest BCUT2D eigenvalue weighted by molar-refractivity contribution is -0.139. The third kappa shape index (κ3) is 6.60. The first-order valence-corrected chi connectivity index (χ1v) is 10.4. The molecule has 1 heterocycles. The molecule has 2 aromatic rings. The summed E-state index contributed by atoms with van der Waals surface area (Å²) >= 11 is 0. The van der Waals surface area contributed by atoms with Crippen LogP contribution >= 0.6 is 0 Å². The van der Waals surface area contributed by atoms with Gasteiger partial charge in [0.1, 0.15) is 5.82 Å². The molecule has 0 saturated heterocycles. The molecule has 0 bridgehead atoms. The van der Waals surface area contributed by atoms with Crippen molar-refractivity contribution < 1.29 is 29.3 Å². The molecule has 9 heteroatoms. The molecule has 0 aliphatic carbocycles. The maximum Gasteiger partial charge on any atom is 0.305 e. The molecule has 31 heavy (non-hydrogen) atoms. The predicted molar refractivity (Wildman–Crippen MR) is 113 cm³/mol. The summed E-state index contributed by atoms with van der Waals surface area (Å²) in [4.78, 5) is 23.3. The summed E-state index contributed by atoms with van der Waals surface area (Å²) in [5.41, 5.74) is 2.29. The minimum Gasteiger partial charge on any atom is -0.481 e. The molecule has 0 fully saturated rings. The number of rotatable bonds is 11. The lowest BCUT2D eigenvalue weighted by Gasteiger charge is -2.16. The SMILES string of the molecule is CCNC(=O)c1nn(-c2ccc(F)cc2)c(CCC(O)CC(O)CC(=O)O)c1C(C)C. The molecule has 170 valence electrons. The molecule has 1 aromatic carbocycles. The van der Waals surface area contributed by atoms with Crippen LogP contribution in [0.2, 0.25) is 0 Å². The Hall–Kier alpha value is -2.78. The van der Waals surface area contributed by atoms with Gasteiger partial charge in [-0.1, -0.05) is 13.8 Å². The molecule has 8 nitrogen and oxygen atoms in total. The van der Waals surface area contributed by atoms with Crippen LogP contribution in [0, 0.1) is 5.82 Å². The molecule has 2 atom stereocenters. The summed E-state index contributed by atoms with van der Waals surface area (Å²) in [6, 6.07) is 5.73. The molecule has 4 N–H and O–H groups in total. The van der Waals surface area contributed by atoms with Crippen molar-refractivity contribution in [1.82, 2.24) is 15.1 Å². The van der Waals surface area contributed by atoms with E-state index in [1.807, 2.05) is 20.8 Å². The average molecular weight is 435 g/mol. The van der Waals surface area contributed by atoms with Gasteiger partial charge in [0.15, 0.2) is 5.69 Å². The van der Waals surface area contributed by atoms with E-state index in [0.717, 1.165) is 5.56 Å². The number of aliphatic hydroxyl groups is 2. The van der Waals surface area contributed by atoms with Crippen molar-refractivity contribution in [1.29, 1.82) is 0 Å². The van der Waals surface area contributed by atoms with E-state index in [1.54, 1.807) is 16.8 Å². The van der Waals surface area contributed by atoms with Gasteiger partial charge in [-0.2, -0.15) is 5.10 Å². The number of carbonyl (C=O) groups is 2. The second kappa shape index (κ2) is 11.0. The number of hydrogen-bond donors (Lipinski definition) is 4. The van der Waals surface area contributed by atoms with E-state index in [2.05, 4.69) is 10.4 Å². The first-order valence-electron chi connectivity index (χ1n) is 10.4. The summed E-state index contributed by atoms with van der Waals surface area (Å²) in [6.45, 7) is 6.12. The fourth-order valence-electron chi connectivity index (χ4n) is 3.54. The Morgan fingerprint density at radius 1 is 1.16 bits per heavy atom. The average Bonchev–Trinajstić information content (AvgIpc) is 3.06. The fourth-order valence-corrected chi connectivity index (χ4v) is 3.54. The van der Waals surface area contributed by atoms with Gasteiger partial charge in [0, 0.05) is 17.8 Å². The zero-order valence-corrected chi connectivity index (χ0v) is 18.0. The van der Waals surface area contributed by atoms with Crippen LogP contribution in [-0.4, -0.2) is 55.7 Å². The van der Waals surface area contributed by atoms with Gasteiger partial charge >= 0.3 is 5.97 Å². The van der Waals surface area contributed by atoms with Gasteiger partial charge in [0.05, 0.1) is 24.3 Å². The first kappa shape index (κ1) is 24.5. The number of nitrogens with one attached hydrogen (secondary N) is 1. The van der Waals surface area contributed by atoms with Crippen LogP contribution in [0.4, 0.5) is 4.39 Å². The zero-order chi connectivity index (χ0) is 23.1. The Morgan fingerprint density at radius 2 is 1.81 bits per heavy atom. The highest BCUT2D eigenvalue weighted by molar-refractivity contribution is 5.94. The standard InChI is InChI=1S/C22H30FN3O5/c1-4-24-22(31)21-20(13(2)3)18(10-9-16(27)11-17(28)12-19(29)30)26(25-21)15-7-5-14(23)6-8-15/h5-8,13,16-17,27-28H,4,9-12H2,1-3H3,(H,24,31)(H,29,30). The number of carbonyl (C=O) groups excluding carboxylic acids is 1. The Bertz CT molecular complexity index is 895. The van der Waals surface area contributed by atoms with Gasteiger partial charge in [-0.25, -0.2) is 9.07 Å². The van der Waals surface area contributed by atoms with Crippen LogP contribution in [0.3, 0.4) is 0 Å². The predicted octanol–water partition coefficient (Wildman–Crippen LogP) is 2.40. The Labute approximate surface area is 180 Å². The van der Waals surface area contributed by atoms with Crippen LogP contribution < -0.4 is 5.32 Å². The van der Waals surface area contributed by atoms with Gasteiger partial charge < -0.3 is 20.6 Å². The van der Waals surface area contributed by atoms with Crippen molar-refractivity contribution in [3.8, 4) is 5.69 Å². The quantitative estimate of drug-likeness (QED) is 0.430. The Morgan fingerprint density at radius 3 is 2.35 bits per heavy atom. The highest BCUT2D eigenvalue weighted by atomic mass is 19.1. The highest BCUT2D eigenvalue weighted by Gasteiger charge is 2.26. The number of aromatic nitrogens is 2. The summed E-state index contributed by atoms with van der Waals surface area (Å²) in [6.07, 6.45) is -2.03. The molecule has 0 aliphatic heterocycles. The van der Waals surface area contributed by atoms with Crippen molar-refractivity contribution >= 4 is 11.9 Å². The molecule has 2 unspecified atom stereocenters. The molecule has 1 amide bonds. The van der Waals surface area contributed by atoms with Gasteiger partial charge in [-0.3, -0.25) is 9.59 Å². The van der Waals surface area contributed by atoms with Crippen LogP contribution in [0.25, 0.3) is 5.69 Å². The number of benzene rings is 1. The monoisotopic (exact) mass is 435 g/mol. The van der Waals surface area contributed by atoms with E-state index in [4.69, 9.17) is 5.11 Å². The minimum atomic E-state index is -1.15. The third-order valence-corrected chi connectivity index (χ3v) is 4.89. The van der Waals surface area contributed by atoms with E-state index in [1.165, 1.54) is 12.1 Å². The highest BCUT2D eigenvalue weighted by Crippen LogP contribution is 2.28. The maximum absolute atomic E-state index is 13.4. The molecule has 0 spiro atoms. The summed E-state index contributed by atoms with van der Waals surface area (Å²) < 4.78 is 15.0. The first-order chi connectivity index (χ1) is 14.6. The van der Waals surface area contributed by atoms with Gasteiger partial charge in [-0.15, -0.1) is 0 Å². The lowest BCUT2D eigenvalue weighted by atomic mass is 9.95. The Kier molecular flexibility index (Phi) is 8.70. The van der Waals surface area contributed by atoms with E-state index < -0.39 is 30.4 Å². The zero-order valence-electron chi connectivity index (χ0n) is 18.0. The number of nitrogens with zero attached hydrogens (tertiary/aromatic N) is 2. The Balaban J connectivity index is 2.38. The number of amides is 1. The van der Waals surface area contributed by atoms with Gasteiger partial charge in [0.2, 0.25) is 0 Å². The van der Waals surface area contributed by atoms with Crippen molar-refractivity contribution in [3.63, 3.8) is 0 Å². The molecular weight excluding hydrogens is 405 g/mol. The number of aliphatic carboxylic acids is 1. The molecule has 2 rings (SSSR count). The molecular formula is C22H30FN3O5. The summed E-state index contributed by atoms with van der Waals surface area (Å²) in [7, 11) is 0. The lowest BCUT2D eigenvalue weighted by Crippen LogP contribution is -2.24. The van der Waals surface area contributed by atoms with Crippen LogP contribution in [0.15, 0.2) is 24.3 Å². The second-order valence-corrected chi connectivity index (χ2v) is 7.79. The number of halogens is 1. The number of hydrogen-bond acceptors (Lipinski definition) is 5. The number of carboxylic acid groups (broad SMARTS) is 1. The van der Waals surface area contributed by atoms with Crippen molar-refractivity contribution in [2.45, 2.75) is 64.6 Å². The number of carboxylic acids is 1. The largest absolute Gasteiger partial charge is 0.481 e. The van der Waals surface area contributed by atoms with E-state index in [9.17, 15) is 24.2 Å². The van der Waals surface area contributed by atoms with Crippen molar-refractivity contribution in [2.24, 2.45) is 0 Å². The number of aliphatic hydroxyl groups excluding tert-OH is 2. The summed E-state index contributed by atoms with van der Waals surface area (Å²) in [5, 5.41) is 36.1. The third-order valence-electron chi connectivity index (χ3n) is 4.89. The van der Waals surface area contributed by atoms with Crippen molar-refractivity contribution in [2.75, 3.05) is 6.54 Å². The minimum absolute atomic E-state index is 0.0449. The van der Waals surface area contributed by atoms with E-state index in [-0.39, 0.29) is 30.4 Å². The van der Waals surface area contributed by atoms with E-state index in [0.29, 0.717) is 24.3 Å².